The van der Waals surface area contributed by atoms with Crippen LogP contribution >= 0.6 is 11.3 Å². The molecule has 0 spiro atoms. The summed E-state index contributed by atoms with van der Waals surface area (Å²) in [5.41, 5.74) is 4.11. The van der Waals surface area contributed by atoms with E-state index in [-0.39, 0.29) is 5.91 Å². The van der Waals surface area contributed by atoms with Crippen molar-refractivity contribution < 1.29 is 9.00 Å². The molecule has 7 heteroatoms. The Morgan fingerprint density at radius 3 is 2.52 bits per heavy atom. The maximum absolute atomic E-state index is 12.1. The summed E-state index contributed by atoms with van der Waals surface area (Å²) >= 11 is 1.51. The van der Waals surface area contributed by atoms with Crippen LogP contribution in [0.15, 0.2) is 58.5 Å². The lowest BCUT2D eigenvalue weighted by Gasteiger charge is -2.01. The fourth-order valence-corrected chi connectivity index (χ4v) is 3.65. The van der Waals surface area contributed by atoms with Crippen LogP contribution in [0.1, 0.15) is 10.4 Å². The van der Waals surface area contributed by atoms with E-state index in [0.29, 0.717) is 15.3 Å². The first kappa shape index (κ1) is 15.6. The van der Waals surface area contributed by atoms with Crippen molar-refractivity contribution in [1.82, 2.24) is 9.99 Å². The molecule has 0 fully saturated rings. The third kappa shape index (κ3) is 3.25. The van der Waals surface area contributed by atoms with Gasteiger partial charge in [0.25, 0.3) is 5.91 Å². The zero-order valence-corrected chi connectivity index (χ0v) is 14.3. The standard InChI is InChI=1S/C16H15N3O2S2/c1-19-13-5-3-4-6-14(13)22-16(19)18-17-15(20)11-7-9-12(10-8-11)23(2)21/h3-10H,1-2H3,(H,17,20)/b18-16-/t23-/m0/s1. The van der Waals surface area contributed by atoms with Crippen molar-refractivity contribution in [3.8, 4) is 0 Å². The van der Waals surface area contributed by atoms with Crippen molar-refractivity contribution in [2.45, 2.75) is 4.90 Å². The Bertz CT molecular complexity index is 955. The molecule has 5 nitrogen and oxygen atoms in total. The summed E-state index contributed by atoms with van der Waals surface area (Å²) in [6.45, 7) is 0. The van der Waals surface area contributed by atoms with E-state index in [1.165, 1.54) is 11.3 Å². The highest BCUT2D eigenvalue weighted by Crippen LogP contribution is 2.15. The minimum atomic E-state index is -1.05. The van der Waals surface area contributed by atoms with Crippen LogP contribution in [0.5, 0.6) is 0 Å². The van der Waals surface area contributed by atoms with Crippen molar-refractivity contribution >= 4 is 38.3 Å². The second-order valence-electron chi connectivity index (χ2n) is 4.94. The third-order valence-corrected chi connectivity index (χ3v) is 5.47. The maximum Gasteiger partial charge on any atom is 0.271 e. The van der Waals surface area contributed by atoms with Crippen molar-refractivity contribution in [2.75, 3.05) is 6.26 Å². The minimum Gasteiger partial charge on any atom is -0.318 e. The topological polar surface area (TPSA) is 63.5 Å². The van der Waals surface area contributed by atoms with E-state index in [1.807, 2.05) is 35.9 Å². The summed E-state index contributed by atoms with van der Waals surface area (Å²) in [6.07, 6.45) is 1.60. The SMILES string of the molecule is Cn1/c(=N/NC(=O)c2ccc([S@](C)=O)cc2)sc2ccccc21. The Balaban J connectivity index is 1.84. The van der Waals surface area contributed by atoms with Crippen LogP contribution < -0.4 is 10.2 Å². The molecule has 0 saturated carbocycles. The monoisotopic (exact) mass is 345 g/mol. The highest BCUT2D eigenvalue weighted by atomic mass is 32.2. The first-order chi connectivity index (χ1) is 11.1. The fourth-order valence-electron chi connectivity index (χ4n) is 2.15. The molecule has 1 amide bonds. The molecule has 0 aliphatic rings. The molecule has 0 radical (unpaired) electrons. The number of rotatable bonds is 3. The average Bonchev–Trinajstić information content (AvgIpc) is 2.89. The first-order valence-electron chi connectivity index (χ1n) is 6.88. The molecule has 0 unspecified atom stereocenters. The molecule has 1 heterocycles. The van der Waals surface area contributed by atoms with Gasteiger partial charge in [-0.2, -0.15) is 0 Å². The molecule has 3 aromatic rings. The van der Waals surface area contributed by atoms with Crippen LogP contribution in [0, 0.1) is 0 Å². The summed E-state index contributed by atoms with van der Waals surface area (Å²) in [4.78, 5) is 13.5. The summed E-state index contributed by atoms with van der Waals surface area (Å²) in [6, 6.07) is 14.6. The number of thiazole rings is 1. The Labute approximate surface area is 139 Å². The van der Waals surface area contributed by atoms with Crippen LogP contribution in [-0.2, 0) is 17.8 Å². The number of benzene rings is 2. The van der Waals surface area contributed by atoms with E-state index in [0.717, 1.165) is 10.2 Å². The van der Waals surface area contributed by atoms with Gasteiger partial charge in [-0.05, 0) is 36.4 Å². The van der Waals surface area contributed by atoms with Gasteiger partial charge >= 0.3 is 0 Å². The average molecular weight is 345 g/mol. The normalized spacial score (nSPS) is 13.2. The Hall–Kier alpha value is -2.25. The van der Waals surface area contributed by atoms with Gasteiger partial charge in [0.2, 0.25) is 4.80 Å². The highest BCUT2D eigenvalue weighted by molar-refractivity contribution is 7.84. The van der Waals surface area contributed by atoms with Crippen molar-refractivity contribution in [2.24, 2.45) is 12.1 Å². The van der Waals surface area contributed by atoms with Gasteiger partial charge in [0.1, 0.15) is 0 Å². The van der Waals surface area contributed by atoms with Crippen molar-refractivity contribution in [1.29, 1.82) is 0 Å². The molecule has 1 N–H and O–H groups in total. The quantitative estimate of drug-likeness (QED) is 0.740. The van der Waals surface area contributed by atoms with E-state index in [4.69, 9.17) is 0 Å². The number of aromatic nitrogens is 1. The van der Waals surface area contributed by atoms with E-state index in [9.17, 15) is 9.00 Å². The molecule has 118 valence electrons. The fraction of sp³-hybridized carbons (Fsp3) is 0.125. The van der Waals surface area contributed by atoms with Gasteiger partial charge in [0, 0.05) is 34.6 Å². The van der Waals surface area contributed by atoms with Gasteiger partial charge in [-0.25, -0.2) is 5.43 Å². The van der Waals surface area contributed by atoms with Gasteiger partial charge in [0.15, 0.2) is 0 Å². The van der Waals surface area contributed by atoms with Crippen LogP contribution in [0.2, 0.25) is 0 Å². The van der Waals surface area contributed by atoms with E-state index in [1.54, 1.807) is 30.5 Å². The van der Waals surface area contributed by atoms with Gasteiger partial charge in [0.05, 0.1) is 10.2 Å². The number of hydrogen-bond donors (Lipinski definition) is 1. The van der Waals surface area contributed by atoms with Crippen LogP contribution in [0.4, 0.5) is 0 Å². The number of para-hydroxylation sites is 1. The van der Waals surface area contributed by atoms with Gasteiger partial charge < -0.3 is 4.57 Å². The maximum atomic E-state index is 12.1. The number of amides is 1. The van der Waals surface area contributed by atoms with Crippen LogP contribution in [-0.4, -0.2) is 20.9 Å². The van der Waals surface area contributed by atoms with Gasteiger partial charge in [-0.15, -0.1) is 5.10 Å². The third-order valence-electron chi connectivity index (χ3n) is 3.42. The number of aryl methyl sites for hydroxylation is 1. The molecule has 0 saturated heterocycles. The number of hydrogen-bond acceptors (Lipinski definition) is 4. The summed E-state index contributed by atoms with van der Waals surface area (Å²) in [7, 11) is 0.859. The molecule has 0 aliphatic carbocycles. The number of carbonyl (C=O) groups excluding carboxylic acids is 1. The zero-order chi connectivity index (χ0) is 16.4. The van der Waals surface area contributed by atoms with Crippen LogP contribution in [0.3, 0.4) is 0 Å². The van der Waals surface area contributed by atoms with E-state index < -0.39 is 10.8 Å². The summed E-state index contributed by atoms with van der Waals surface area (Å²) < 4.78 is 14.4. The molecular weight excluding hydrogens is 330 g/mol. The zero-order valence-electron chi connectivity index (χ0n) is 12.6. The molecule has 1 atom stereocenters. The second-order valence-corrected chi connectivity index (χ2v) is 7.33. The molecule has 0 aliphatic heterocycles. The smallest absolute Gasteiger partial charge is 0.271 e. The van der Waals surface area contributed by atoms with Crippen molar-refractivity contribution in [3.05, 3.63) is 58.9 Å². The largest absolute Gasteiger partial charge is 0.318 e. The molecular formula is C16H15N3O2S2. The number of nitrogens with one attached hydrogen (secondary N) is 1. The second kappa shape index (κ2) is 6.47. The van der Waals surface area contributed by atoms with E-state index in [2.05, 4.69) is 10.5 Å². The lowest BCUT2D eigenvalue weighted by molar-refractivity contribution is 0.0953. The molecule has 1 aromatic heterocycles. The highest BCUT2D eigenvalue weighted by Gasteiger charge is 2.06. The van der Waals surface area contributed by atoms with Crippen LogP contribution in [0.25, 0.3) is 10.2 Å². The Morgan fingerprint density at radius 2 is 1.87 bits per heavy atom. The number of carbonyl (C=O) groups is 1. The number of nitrogens with zero attached hydrogens (tertiary/aromatic N) is 2. The molecule has 0 bridgehead atoms. The summed E-state index contributed by atoms with van der Waals surface area (Å²) in [5, 5.41) is 4.20. The van der Waals surface area contributed by atoms with Gasteiger partial charge in [-0.3, -0.25) is 9.00 Å². The molecule has 2 aromatic carbocycles. The Kier molecular flexibility index (Phi) is 4.40. The Morgan fingerprint density at radius 1 is 1.17 bits per heavy atom. The van der Waals surface area contributed by atoms with E-state index >= 15 is 0 Å². The predicted molar refractivity (Wildman–Crippen MR) is 92.6 cm³/mol. The van der Waals surface area contributed by atoms with Crippen molar-refractivity contribution in [3.63, 3.8) is 0 Å². The lowest BCUT2D eigenvalue weighted by atomic mass is 10.2. The van der Waals surface area contributed by atoms with Gasteiger partial charge in [-0.1, -0.05) is 23.5 Å². The lowest BCUT2D eigenvalue weighted by Crippen LogP contribution is -2.23. The first-order valence-corrected chi connectivity index (χ1v) is 9.26. The minimum absolute atomic E-state index is 0.295. The molecule has 23 heavy (non-hydrogen) atoms. The number of fused-ring (bicyclic) bond motifs is 1. The summed E-state index contributed by atoms with van der Waals surface area (Å²) in [5.74, 6) is -0.295. The predicted octanol–water partition coefficient (Wildman–Crippen LogP) is 2.22. The molecule has 3 rings (SSSR count).